The van der Waals surface area contributed by atoms with E-state index < -0.39 is 0 Å². The quantitative estimate of drug-likeness (QED) is 0.703. The number of thioether (sulfide) groups is 1. The van der Waals surface area contributed by atoms with Crippen LogP contribution in [-0.2, 0) is 9.59 Å². The van der Waals surface area contributed by atoms with Gasteiger partial charge in [-0.15, -0.1) is 0 Å². The first-order valence-electron chi connectivity index (χ1n) is 6.78. The summed E-state index contributed by atoms with van der Waals surface area (Å²) in [5.41, 5.74) is 0. The molecular weight excluding hydrogens is 260 g/mol. The third-order valence-corrected chi connectivity index (χ3v) is 3.95. The van der Waals surface area contributed by atoms with E-state index in [1.807, 2.05) is 37.6 Å². The third-order valence-electron chi connectivity index (χ3n) is 3.31. The highest BCUT2D eigenvalue weighted by Crippen LogP contribution is 2.06. The lowest BCUT2D eigenvalue weighted by molar-refractivity contribution is -0.128. The molecule has 0 aromatic carbocycles. The minimum absolute atomic E-state index is 0.0152. The molecule has 0 spiro atoms. The lowest BCUT2D eigenvalue weighted by atomic mass is 10.0. The Morgan fingerprint density at radius 1 is 1.26 bits per heavy atom. The summed E-state index contributed by atoms with van der Waals surface area (Å²) >= 11 is 1.81. The van der Waals surface area contributed by atoms with Crippen molar-refractivity contribution in [3.63, 3.8) is 0 Å². The van der Waals surface area contributed by atoms with Crippen molar-refractivity contribution < 1.29 is 9.59 Å². The Bertz CT molecular complexity index is 295. The van der Waals surface area contributed by atoms with Gasteiger partial charge in [-0.05, 0) is 45.2 Å². The standard InChI is InChI=1S/C14H28N2O2S/c1-10(2)14(12(4)17)15-13(18)9-16(5)11(3)7-8-19-6/h10-11,14H,7-9H2,1-6H3,(H,15,18). The summed E-state index contributed by atoms with van der Waals surface area (Å²) in [6, 6.07) is -0.00423. The van der Waals surface area contributed by atoms with Crippen molar-refractivity contribution in [1.29, 1.82) is 0 Å². The number of nitrogens with one attached hydrogen (secondary N) is 1. The summed E-state index contributed by atoms with van der Waals surface area (Å²) in [7, 11) is 1.95. The van der Waals surface area contributed by atoms with Crippen molar-refractivity contribution in [2.75, 3.05) is 25.6 Å². The van der Waals surface area contributed by atoms with Crippen molar-refractivity contribution in [3.05, 3.63) is 0 Å². The molecule has 0 saturated carbocycles. The van der Waals surface area contributed by atoms with Gasteiger partial charge in [0.1, 0.15) is 0 Å². The molecule has 1 amide bonds. The molecule has 112 valence electrons. The fourth-order valence-corrected chi connectivity index (χ4v) is 2.42. The van der Waals surface area contributed by atoms with Gasteiger partial charge in [-0.3, -0.25) is 14.5 Å². The van der Waals surface area contributed by atoms with Gasteiger partial charge in [0.2, 0.25) is 5.91 Å². The number of likely N-dealkylation sites (N-methyl/N-ethyl adjacent to an activating group) is 1. The average Bonchev–Trinajstić information content (AvgIpc) is 2.31. The number of Topliss-reactive ketones (excluding diaryl/α,β-unsaturated/α-hetero) is 1. The molecule has 0 aromatic heterocycles. The van der Waals surface area contributed by atoms with E-state index in [2.05, 4.69) is 18.5 Å². The van der Waals surface area contributed by atoms with Gasteiger partial charge in [0.05, 0.1) is 12.6 Å². The highest BCUT2D eigenvalue weighted by Gasteiger charge is 2.21. The Kier molecular flexibility index (Phi) is 9.10. The summed E-state index contributed by atoms with van der Waals surface area (Å²) in [6.45, 7) is 7.87. The second-order valence-electron chi connectivity index (χ2n) is 5.45. The van der Waals surface area contributed by atoms with Crippen LogP contribution in [0.1, 0.15) is 34.1 Å². The number of ketones is 1. The molecule has 0 saturated heterocycles. The largest absolute Gasteiger partial charge is 0.345 e. The third kappa shape index (κ3) is 7.57. The van der Waals surface area contributed by atoms with Crippen molar-refractivity contribution >= 4 is 23.5 Å². The highest BCUT2D eigenvalue weighted by molar-refractivity contribution is 7.98. The maximum absolute atomic E-state index is 11.9. The van der Waals surface area contributed by atoms with Gasteiger partial charge in [-0.2, -0.15) is 11.8 Å². The normalized spacial score (nSPS) is 14.5. The summed E-state index contributed by atoms with van der Waals surface area (Å²) in [4.78, 5) is 25.4. The lowest BCUT2D eigenvalue weighted by Gasteiger charge is -2.26. The predicted octanol–water partition coefficient (Wildman–Crippen LogP) is 1.79. The first-order chi connectivity index (χ1) is 8.79. The Balaban J connectivity index is 4.25. The van der Waals surface area contributed by atoms with Crippen LogP contribution in [0.2, 0.25) is 0 Å². The van der Waals surface area contributed by atoms with Crippen LogP contribution in [0.3, 0.4) is 0 Å². The van der Waals surface area contributed by atoms with E-state index in [0.717, 1.165) is 12.2 Å². The molecule has 0 heterocycles. The molecule has 4 nitrogen and oxygen atoms in total. The fourth-order valence-electron chi connectivity index (χ4n) is 1.85. The van der Waals surface area contributed by atoms with Crippen molar-refractivity contribution in [2.24, 2.45) is 5.92 Å². The smallest absolute Gasteiger partial charge is 0.234 e. The average molecular weight is 288 g/mol. The maximum Gasteiger partial charge on any atom is 0.234 e. The highest BCUT2D eigenvalue weighted by atomic mass is 32.2. The van der Waals surface area contributed by atoms with E-state index >= 15 is 0 Å². The van der Waals surface area contributed by atoms with Crippen LogP contribution < -0.4 is 5.32 Å². The minimum atomic E-state index is -0.373. The number of rotatable bonds is 9. The van der Waals surface area contributed by atoms with Crippen LogP contribution in [0.5, 0.6) is 0 Å². The SMILES string of the molecule is CSCCC(C)N(C)CC(=O)NC(C(C)=O)C(C)C. The molecular formula is C14H28N2O2S. The molecule has 0 fully saturated rings. The van der Waals surface area contributed by atoms with Crippen LogP contribution in [0, 0.1) is 5.92 Å². The summed E-state index contributed by atoms with van der Waals surface area (Å²) in [5, 5.41) is 2.82. The van der Waals surface area contributed by atoms with Gasteiger partial charge >= 0.3 is 0 Å². The number of carbonyl (C=O) groups excluding carboxylic acids is 2. The molecule has 0 aromatic rings. The van der Waals surface area contributed by atoms with Crippen LogP contribution in [-0.4, -0.2) is 54.3 Å². The van der Waals surface area contributed by atoms with Crippen molar-refractivity contribution in [3.8, 4) is 0 Å². The van der Waals surface area contributed by atoms with Gasteiger partial charge in [-0.1, -0.05) is 13.8 Å². The molecule has 1 N–H and O–H groups in total. The number of carbonyl (C=O) groups is 2. The van der Waals surface area contributed by atoms with Crippen molar-refractivity contribution in [1.82, 2.24) is 10.2 Å². The molecule has 19 heavy (non-hydrogen) atoms. The monoisotopic (exact) mass is 288 g/mol. The molecule has 0 bridgehead atoms. The van der Waals surface area contributed by atoms with E-state index in [9.17, 15) is 9.59 Å². The molecule has 0 radical (unpaired) electrons. The fraction of sp³-hybridized carbons (Fsp3) is 0.857. The van der Waals surface area contributed by atoms with Gasteiger partial charge in [0.25, 0.3) is 0 Å². The maximum atomic E-state index is 11.9. The van der Waals surface area contributed by atoms with Crippen LogP contribution in [0.25, 0.3) is 0 Å². The molecule has 5 heteroatoms. The zero-order valence-corrected chi connectivity index (χ0v) is 13.8. The summed E-state index contributed by atoms with van der Waals surface area (Å²) in [5.74, 6) is 1.16. The van der Waals surface area contributed by atoms with Gasteiger partial charge in [0.15, 0.2) is 5.78 Å². The van der Waals surface area contributed by atoms with E-state index in [4.69, 9.17) is 0 Å². The van der Waals surface area contributed by atoms with Crippen LogP contribution >= 0.6 is 11.8 Å². The van der Waals surface area contributed by atoms with E-state index in [1.165, 1.54) is 6.92 Å². The second kappa shape index (κ2) is 9.37. The molecule has 0 aliphatic carbocycles. The van der Waals surface area contributed by atoms with Gasteiger partial charge in [-0.25, -0.2) is 0 Å². The van der Waals surface area contributed by atoms with Crippen LogP contribution in [0.15, 0.2) is 0 Å². The van der Waals surface area contributed by atoms with Crippen LogP contribution in [0.4, 0.5) is 0 Å². The summed E-state index contributed by atoms with van der Waals surface area (Å²) < 4.78 is 0. The Morgan fingerprint density at radius 3 is 2.26 bits per heavy atom. The van der Waals surface area contributed by atoms with Gasteiger partial charge in [0, 0.05) is 6.04 Å². The first kappa shape index (κ1) is 18.4. The minimum Gasteiger partial charge on any atom is -0.345 e. The lowest BCUT2D eigenvalue weighted by Crippen LogP contribution is -2.48. The topological polar surface area (TPSA) is 49.4 Å². The number of nitrogens with zero attached hydrogens (tertiary/aromatic N) is 1. The number of hydrogen-bond acceptors (Lipinski definition) is 4. The first-order valence-corrected chi connectivity index (χ1v) is 8.18. The zero-order chi connectivity index (χ0) is 15.0. The molecule has 0 aliphatic rings. The van der Waals surface area contributed by atoms with Gasteiger partial charge < -0.3 is 5.32 Å². The Hall–Kier alpha value is -0.550. The molecule has 2 atom stereocenters. The Labute approximate surface area is 121 Å². The summed E-state index contributed by atoms with van der Waals surface area (Å²) in [6.07, 6.45) is 3.14. The number of hydrogen-bond donors (Lipinski definition) is 1. The van der Waals surface area contributed by atoms with E-state index in [-0.39, 0.29) is 23.7 Å². The molecule has 0 aliphatic heterocycles. The number of amides is 1. The van der Waals surface area contributed by atoms with E-state index in [1.54, 1.807) is 0 Å². The predicted molar refractivity (Wildman–Crippen MR) is 82.5 cm³/mol. The second-order valence-corrected chi connectivity index (χ2v) is 6.43. The molecule has 0 rings (SSSR count). The molecule has 2 unspecified atom stereocenters. The van der Waals surface area contributed by atoms with Crippen molar-refractivity contribution in [2.45, 2.75) is 46.2 Å². The Morgan fingerprint density at radius 2 is 1.84 bits per heavy atom. The zero-order valence-electron chi connectivity index (χ0n) is 13.0. The van der Waals surface area contributed by atoms with E-state index in [0.29, 0.717) is 12.6 Å².